The minimum Gasteiger partial charge on any atom is -0.388 e. The van der Waals surface area contributed by atoms with Crippen LogP contribution in [0.25, 0.3) is 0 Å². The maximum atomic E-state index is 12.7. The zero-order chi connectivity index (χ0) is 20.9. The second-order valence-corrected chi connectivity index (χ2v) is 9.31. The van der Waals surface area contributed by atoms with Gasteiger partial charge < -0.3 is 25.5 Å². The molecule has 0 aliphatic carbocycles. The van der Waals surface area contributed by atoms with E-state index in [2.05, 4.69) is 21.7 Å². The molecule has 0 aromatic carbocycles. The third kappa shape index (κ3) is 6.64. The van der Waals surface area contributed by atoms with E-state index >= 15 is 0 Å². The van der Waals surface area contributed by atoms with Gasteiger partial charge in [-0.3, -0.25) is 14.5 Å². The number of hydrogen-bond donors (Lipinski definition) is 2. The van der Waals surface area contributed by atoms with Crippen molar-refractivity contribution in [3.63, 3.8) is 0 Å². The molecule has 29 heavy (non-hydrogen) atoms. The maximum Gasteiger partial charge on any atom is 0.223 e. The number of amides is 2. The van der Waals surface area contributed by atoms with Gasteiger partial charge in [-0.05, 0) is 52.2 Å². The van der Waals surface area contributed by atoms with Gasteiger partial charge in [0, 0.05) is 64.7 Å². The topological polar surface area (TPSA) is 93.3 Å². The molecule has 8 nitrogen and oxygen atoms in total. The van der Waals surface area contributed by atoms with Gasteiger partial charge in [-0.25, -0.2) is 0 Å². The number of piperazine rings is 1. The first kappa shape index (κ1) is 22.5. The molecule has 0 saturated carbocycles. The largest absolute Gasteiger partial charge is 0.388 e. The highest BCUT2D eigenvalue weighted by Crippen LogP contribution is 2.25. The fourth-order valence-corrected chi connectivity index (χ4v) is 4.86. The summed E-state index contributed by atoms with van der Waals surface area (Å²) >= 11 is 0. The highest BCUT2D eigenvalue weighted by atomic mass is 16.3. The highest BCUT2D eigenvalue weighted by Gasteiger charge is 2.34. The smallest absolute Gasteiger partial charge is 0.223 e. The van der Waals surface area contributed by atoms with Gasteiger partial charge in [0.25, 0.3) is 0 Å². The average molecular weight is 410 g/mol. The van der Waals surface area contributed by atoms with Crippen LogP contribution in [0.3, 0.4) is 0 Å². The third-order valence-corrected chi connectivity index (χ3v) is 7.02. The minimum absolute atomic E-state index is 0.00876. The lowest BCUT2D eigenvalue weighted by Gasteiger charge is -2.38. The molecule has 0 spiro atoms. The van der Waals surface area contributed by atoms with Gasteiger partial charge in [-0.2, -0.15) is 0 Å². The summed E-state index contributed by atoms with van der Waals surface area (Å²) in [4.78, 5) is 32.9. The van der Waals surface area contributed by atoms with Crippen molar-refractivity contribution in [3.8, 4) is 0 Å². The average Bonchev–Trinajstić information content (AvgIpc) is 2.90. The Bertz CT molecular complexity index is 559. The Morgan fingerprint density at radius 2 is 1.66 bits per heavy atom. The molecule has 166 valence electrons. The van der Waals surface area contributed by atoms with Gasteiger partial charge in [0.2, 0.25) is 11.8 Å². The second-order valence-electron chi connectivity index (χ2n) is 9.31. The molecule has 1 atom stereocenters. The molecule has 3 N–H and O–H groups in total. The maximum absolute atomic E-state index is 12.7. The number of carbonyl (C=O) groups excluding carboxylic acids is 2. The highest BCUT2D eigenvalue weighted by molar-refractivity contribution is 5.77. The van der Waals surface area contributed by atoms with E-state index in [-0.39, 0.29) is 17.7 Å². The van der Waals surface area contributed by atoms with E-state index in [1.165, 1.54) is 0 Å². The fraction of sp³-hybridized carbons (Fsp3) is 0.905. The summed E-state index contributed by atoms with van der Waals surface area (Å²) in [5.74, 6) is -0.0224. The van der Waals surface area contributed by atoms with E-state index in [9.17, 15) is 14.7 Å². The molecule has 0 bridgehead atoms. The van der Waals surface area contributed by atoms with Crippen LogP contribution in [0, 0.1) is 5.92 Å². The lowest BCUT2D eigenvalue weighted by Crippen LogP contribution is -2.51. The summed E-state index contributed by atoms with van der Waals surface area (Å²) in [6.45, 7) is 8.65. The molecular formula is C21H39N5O3. The van der Waals surface area contributed by atoms with Crippen LogP contribution in [0.15, 0.2) is 0 Å². The number of rotatable bonds is 6. The Labute approximate surface area is 175 Å². The summed E-state index contributed by atoms with van der Waals surface area (Å²) < 4.78 is 0. The molecule has 0 unspecified atom stereocenters. The van der Waals surface area contributed by atoms with Crippen molar-refractivity contribution in [2.24, 2.45) is 11.7 Å². The van der Waals surface area contributed by atoms with E-state index in [0.29, 0.717) is 19.4 Å². The molecule has 0 radical (unpaired) electrons. The number of nitrogens with two attached hydrogens (primary N) is 1. The van der Waals surface area contributed by atoms with E-state index in [1.54, 1.807) is 0 Å². The van der Waals surface area contributed by atoms with Gasteiger partial charge in [0.15, 0.2) is 0 Å². The van der Waals surface area contributed by atoms with Crippen molar-refractivity contribution in [2.45, 2.75) is 44.1 Å². The number of carbonyl (C=O) groups is 2. The van der Waals surface area contributed by atoms with Gasteiger partial charge in [-0.15, -0.1) is 0 Å². The zero-order valence-electron chi connectivity index (χ0n) is 18.0. The predicted molar refractivity (Wildman–Crippen MR) is 112 cm³/mol. The second kappa shape index (κ2) is 10.2. The normalized spacial score (nSPS) is 29.0. The van der Waals surface area contributed by atoms with Crippen LogP contribution in [0.2, 0.25) is 0 Å². The van der Waals surface area contributed by atoms with Crippen LogP contribution in [0.1, 0.15) is 38.5 Å². The Kier molecular flexibility index (Phi) is 7.90. The van der Waals surface area contributed by atoms with Crippen LogP contribution < -0.4 is 5.73 Å². The van der Waals surface area contributed by atoms with Crippen molar-refractivity contribution in [1.82, 2.24) is 19.6 Å². The number of hydrogen-bond acceptors (Lipinski definition) is 6. The minimum atomic E-state index is -0.679. The van der Waals surface area contributed by atoms with Crippen molar-refractivity contribution in [3.05, 3.63) is 0 Å². The van der Waals surface area contributed by atoms with Crippen molar-refractivity contribution < 1.29 is 14.7 Å². The summed E-state index contributed by atoms with van der Waals surface area (Å²) in [6, 6.07) is 0. The Morgan fingerprint density at radius 3 is 2.31 bits per heavy atom. The van der Waals surface area contributed by atoms with Crippen molar-refractivity contribution in [2.75, 3.05) is 72.5 Å². The number of likely N-dealkylation sites (N-methyl/N-ethyl adjacent to an activating group) is 1. The van der Waals surface area contributed by atoms with E-state index < -0.39 is 5.60 Å². The molecule has 2 amide bonds. The Balaban J connectivity index is 1.39. The van der Waals surface area contributed by atoms with Crippen LogP contribution in [0.4, 0.5) is 0 Å². The molecule has 3 saturated heterocycles. The third-order valence-electron chi connectivity index (χ3n) is 7.02. The van der Waals surface area contributed by atoms with Crippen LogP contribution in [-0.4, -0.2) is 115 Å². The summed E-state index contributed by atoms with van der Waals surface area (Å²) in [5.41, 5.74) is 4.71. The Hall–Kier alpha value is -1.22. The number of β-amino-alcohol motifs (C(OH)–C–C–N with tert-alkyl or cyclic N) is 1. The van der Waals surface area contributed by atoms with Gasteiger partial charge in [0.05, 0.1) is 5.60 Å². The summed E-state index contributed by atoms with van der Waals surface area (Å²) in [6.07, 6.45) is 4.40. The first-order valence-electron chi connectivity index (χ1n) is 11.3. The molecular weight excluding hydrogens is 370 g/mol. The molecule has 3 fully saturated rings. The molecule has 3 aliphatic heterocycles. The van der Waals surface area contributed by atoms with Gasteiger partial charge in [0.1, 0.15) is 0 Å². The Morgan fingerprint density at radius 1 is 0.966 bits per heavy atom. The molecule has 3 aliphatic rings. The number of aliphatic hydroxyl groups is 1. The van der Waals surface area contributed by atoms with Crippen LogP contribution in [-0.2, 0) is 9.59 Å². The lowest BCUT2D eigenvalue weighted by atomic mass is 9.94. The monoisotopic (exact) mass is 409 g/mol. The standard InChI is InChI=1S/C21H39N5O3/c1-23-13-15-25(16-14-23)17-21(29)6-2-8-26(12-7-21)19(27)5-11-24-9-3-18(4-10-24)20(22)28/h18,29H,2-17H2,1H3,(H2,22,28)/t21-/m1/s1. The molecule has 0 aromatic heterocycles. The molecule has 8 heteroatoms. The number of primary amides is 1. The quantitative estimate of drug-likeness (QED) is 0.618. The van der Waals surface area contributed by atoms with E-state index in [1.807, 2.05) is 4.90 Å². The van der Waals surface area contributed by atoms with Gasteiger partial charge >= 0.3 is 0 Å². The number of piperidine rings is 1. The van der Waals surface area contributed by atoms with Crippen molar-refractivity contribution >= 4 is 11.8 Å². The molecule has 0 aromatic rings. The summed E-state index contributed by atoms with van der Waals surface area (Å²) in [7, 11) is 2.14. The first-order valence-corrected chi connectivity index (χ1v) is 11.3. The van der Waals surface area contributed by atoms with Crippen LogP contribution >= 0.6 is 0 Å². The molecule has 3 heterocycles. The lowest BCUT2D eigenvalue weighted by molar-refractivity contribution is -0.132. The van der Waals surface area contributed by atoms with E-state index in [4.69, 9.17) is 5.73 Å². The van der Waals surface area contributed by atoms with Gasteiger partial charge in [-0.1, -0.05) is 0 Å². The van der Waals surface area contributed by atoms with E-state index in [0.717, 1.165) is 84.6 Å². The SMILES string of the molecule is CN1CCN(C[C@@]2(O)CCCN(C(=O)CCN3CCC(C(N)=O)CC3)CC2)CC1. The number of nitrogens with zero attached hydrogens (tertiary/aromatic N) is 4. The number of likely N-dealkylation sites (tertiary alicyclic amines) is 2. The van der Waals surface area contributed by atoms with Crippen LogP contribution in [0.5, 0.6) is 0 Å². The predicted octanol–water partition coefficient (Wildman–Crippen LogP) is -0.435. The fourth-order valence-electron chi connectivity index (χ4n) is 4.86. The zero-order valence-corrected chi connectivity index (χ0v) is 18.0. The van der Waals surface area contributed by atoms with Crippen molar-refractivity contribution in [1.29, 1.82) is 0 Å². The summed E-state index contributed by atoms with van der Waals surface area (Å²) in [5, 5.41) is 11.1. The first-order chi connectivity index (χ1) is 13.8. The molecule has 3 rings (SSSR count).